The van der Waals surface area contributed by atoms with Gasteiger partial charge in [0.05, 0.1) is 0 Å². The van der Waals surface area contributed by atoms with Crippen LogP contribution in [0, 0.1) is 0 Å². The van der Waals surface area contributed by atoms with E-state index in [1.165, 1.54) is 0 Å². The van der Waals surface area contributed by atoms with E-state index in [-0.39, 0.29) is 0 Å². The minimum Gasteiger partial charge on any atom is -0.166 e. The van der Waals surface area contributed by atoms with E-state index in [0.29, 0.717) is 0 Å². The maximum Gasteiger partial charge on any atom is 0.332 e. The van der Waals surface area contributed by atoms with Crippen LogP contribution in [0.25, 0.3) is 0 Å². The van der Waals surface area contributed by atoms with E-state index in [1.54, 1.807) is 4.34 Å². The van der Waals surface area contributed by atoms with Crippen LogP contribution >= 0.6 is 28.2 Å². The lowest BCUT2D eigenvalue weighted by Crippen LogP contribution is -2.23. The first kappa shape index (κ1) is 8.54. The number of rotatable bonds is 1. The van der Waals surface area contributed by atoms with Gasteiger partial charge in [-0.3, -0.25) is 0 Å². The summed E-state index contributed by atoms with van der Waals surface area (Å²) in [5.74, 6) is 0. The summed E-state index contributed by atoms with van der Waals surface area (Å²) in [5, 5.41) is 0. The Hall–Kier alpha value is 0.440. The number of aromatic nitrogens is 1. The average Bonchev–Trinajstić information content (AvgIpc) is 1.88. The van der Waals surface area contributed by atoms with Crippen LogP contribution in [-0.4, -0.2) is 0 Å². The van der Waals surface area contributed by atoms with Crippen molar-refractivity contribution in [3.05, 3.63) is 30.6 Å². The van der Waals surface area contributed by atoms with Gasteiger partial charge in [0.25, 0.3) is 0 Å². The monoisotopic (exact) mass is 210 g/mol. The summed E-state index contributed by atoms with van der Waals surface area (Å²) in [7, 11) is 0. The minimum absolute atomic E-state index is 1.74. The molecule has 1 atom stereocenters. The first-order chi connectivity index (χ1) is 4.61. The minimum atomic E-state index is -2.10. The van der Waals surface area contributed by atoms with Gasteiger partial charge in [0.1, 0.15) is 0 Å². The number of thiol groups is 1. The Morgan fingerprint density at radius 1 is 1.30 bits per heavy atom. The number of nitrogens with zero attached hydrogens (tertiary/aromatic N) is 1. The second kappa shape index (κ2) is 3.22. The van der Waals surface area contributed by atoms with Crippen LogP contribution in [0.1, 0.15) is 0 Å². The van der Waals surface area contributed by atoms with E-state index in [0.717, 1.165) is 0 Å². The third kappa shape index (κ3) is 2.24. The molecule has 1 unspecified atom stereocenters. The van der Waals surface area contributed by atoms with Crippen molar-refractivity contribution in [2.24, 2.45) is 0 Å². The molecule has 1 aromatic rings. The van der Waals surface area contributed by atoms with Gasteiger partial charge in [-0.15, -0.1) is 0 Å². The molecule has 0 N–H and O–H groups in total. The Balaban J connectivity index is 3.09. The molecule has 0 fully saturated rings. The van der Waals surface area contributed by atoms with Crippen molar-refractivity contribution in [2.75, 3.05) is 0 Å². The van der Waals surface area contributed by atoms with Gasteiger partial charge in [0.2, 0.25) is 0 Å². The summed E-state index contributed by atoms with van der Waals surface area (Å²) in [4.78, 5) is 0. The van der Waals surface area contributed by atoms with E-state index in [1.807, 2.05) is 30.6 Å². The molecule has 1 heterocycles. The molecule has 0 aliphatic rings. The molecule has 5 heteroatoms. The van der Waals surface area contributed by atoms with Gasteiger partial charge in [0, 0.05) is 23.9 Å². The average molecular weight is 211 g/mol. The fourth-order valence-electron chi connectivity index (χ4n) is 0.554. The molecular formula is C5H6ClNPS2+. The van der Waals surface area contributed by atoms with Crippen LogP contribution in [-0.2, 0) is 11.8 Å². The van der Waals surface area contributed by atoms with E-state index in [4.69, 9.17) is 23.0 Å². The van der Waals surface area contributed by atoms with Crippen molar-refractivity contribution in [3.63, 3.8) is 0 Å². The lowest BCUT2D eigenvalue weighted by Gasteiger charge is -1.97. The quantitative estimate of drug-likeness (QED) is 0.550. The molecule has 1 rings (SSSR count). The van der Waals surface area contributed by atoms with Gasteiger partial charge in [-0.2, -0.15) is 4.34 Å². The highest BCUT2D eigenvalue weighted by atomic mass is 35.7. The fraction of sp³-hybridized carbons (Fsp3) is 0. The molecule has 10 heavy (non-hydrogen) atoms. The molecule has 0 aliphatic heterocycles. The van der Waals surface area contributed by atoms with Crippen LogP contribution in [0.5, 0.6) is 0 Å². The van der Waals surface area contributed by atoms with Crippen LogP contribution in [0.4, 0.5) is 0 Å². The van der Waals surface area contributed by atoms with Crippen LogP contribution in [0.15, 0.2) is 30.6 Å². The lowest BCUT2D eigenvalue weighted by molar-refractivity contribution is -0.505. The Kier molecular flexibility index (Phi) is 2.75. The molecule has 1 aromatic heterocycles. The molecule has 0 radical (unpaired) electrons. The topological polar surface area (TPSA) is 3.88 Å². The van der Waals surface area contributed by atoms with Crippen molar-refractivity contribution in [2.45, 2.75) is 0 Å². The Morgan fingerprint density at radius 3 is 2.10 bits per heavy atom. The molecule has 0 aromatic carbocycles. The Labute approximate surface area is 75.0 Å². The Morgan fingerprint density at radius 2 is 1.80 bits per heavy atom. The number of hydrogen-bond acceptors (Lipinski definition) is 1. The zero-order chi connectivity index (χ0) is 7.61. The Bertz CT molecular complexity index is 258. The predicted molar refractivity (Wildman–Crippen MR) is 51.2 cm³/mol. The first-order valence-electron chi connectivity index (χ1n) is 2.60. The molecule has 0 bridgehead atoms. The van der Waals surface area contributed by atoms with Gasteiger partial charge >= 0.3 is 4.74 Å². The van der Waals surface area contributed by atoms with Crippen LogP contribution < -0.4 is 4.34 Å². The van der Waals surface area contributed by atoms with Crippen molar-refractivity contribution >= 4 is 40.0 Å². The summed E-state index contributed by atoms with van der Waals surface area (Å²) in [5.41, 5.74) is 0. The molecule has 0 saturated carbocycles. The molecule has 0 spiro atoms. The smallest absolute Gasteiger partial charge is 0.166 e. The number of hydrogen-bond donors (Lipinski definition) is 1. The second-order valence-corrected chi connectivity index (χ2v) is 10.0. The molecule has 54 valence electrons. The molecular weight excluding hydrogens is 205 g/mol. The summed E-state index contributed by atoms with van der Waals surface area (Å²) in [6.07, 6.45) is 3.64. The summed E-state index contributed by atoms with van der Waals surface area (Å²) in [6, 6.07) is 5.66. The molecule has 1 nitrogen and oxygen atoms in total. The van der Waals surface area contributed by atoms with Gasteiger partial charge < -0.3 is 0 Å². The van der Waals surface area contributed by atoms with Gasteiger partial charge in [-0.25, -0.2) is 0 Å². The predicted octanol–water partition coefficient (Wildman–Crippen LogP) is 2.22. The van der Waals surface area contributed by atoms with E-state index < -0.39 is 4.74 Å². The lowest BCUT2D eigenvalue weighted by atomic mass is 10.5. The molecule has 0 saturated heterocycles. The van der Waals surface area contributed by atoms with E-state index >= 15 is 0 Å². The van der Waals surface area contributed by atoms with Crippen molar-refractivity contribution in [1.82, 2.24) is 0 Å². The standard InChI is InChI=1S/C5H5ClNPS2/c6-8(9,10)7-4-2-1-3-5-7/h1-5H/p+1. The highest BCUT2D eigenvalue weighted by Gasteiger charge is 2.16. The maximum absolute atomic E-state index is 5.81. The van der Waals surface area contributed by atoms with Crippen molar-refractivity contribution in [3.8, 4) is 0 Å². The van der Waals surface area contributed by atoms with Crippen LogP contribution in [0.3, 0.4) is 0 Å². The van der Waals surface area contributed by atoms with E-state index in [2.05, 4.69) is 12.2 Å². The van der Waals surface area contributed by atoms with Crippen molar-refractivity contribution < 1.29 is 4.34 Å². The highest BCUT2D eigenvalue weighted by Crippen LogP contribution is 2.50. The van der Waals surface area contributed by atoms with Crippen LogP contribution in [0.2, 0.25) is 0 Å². The highest BCUT2D eigenvalue weighted by molar-refractivity contribution is 8.69. The fourth-order valence-corrected chi connectivity index (χ4v) is 2.02. The number of halogens is 1. The summed E-state index contributed by atoms with van der Waals surface area (Å²) < 4.78 is -0.358. The molecule has 0 amide bonds. The zero-order valence-electron chi connectivity index (χ0n) is 5.01. The van der Waals surface area contributed by atoms with Gasteiger partial charge in [-0.1, -0.05) is 18.3 Å². The normalized spacial score (nSPS) is 16.2. The molecule has 0 aliphatic carbocycles. The van der Waals surface area contributed by atoms with Gasteiger partial charge in [-0.05, 0) is 11.2 Å². The maximum atomic E-state index is 5.81. The second-order valence-electron chi connectivity index (χ2n) is 1.73. The van der Waals surface area contributed by atoms with Crippen molar-refractivity contribution in [1.29, 1.82) is 0 Å². The third-order valence-corrected chi connectivity index (χ3v) is 3.53. The number of pyridine rings is 1. The zero-order valence-corrected chi connectivity index (χ0v) is 8.38. The summed E-state index contributed by atoms with van der Waals surface area (Å²) >= 11 is 14.9. The third-order valence-electron chi connectivity index (χ3n) is 0.985. The first-order valence-corrected chi connectivity index (χ1v) is 7.41. The largest absolute Gasteiger partial charge is 0.332 e. The van der Waals surface area contributed by atoms with E-state index in [9.17, 15) is 0 Å². The summed E-state index contributed by atoms with van der Waals surface area (Å²) in [6.45, 7) is 0. The van der Waals surface area contributed by atoms with Gasteiger partial charge in [0.15, 0.2) is 12.4 Å². The SMILES string of the molecule is S=P(S)(Cl)[n+]1ccccc1.